The molecular weight excluding hydrogens is 1500 g/mol. The van der Waals surface area contributed by atoms with Crippen molar-refractivity contribution in [1.29, 1.82) is 0 Å². The van der Waals surface area contributed by atoms with Crippen LogP contribution in [0.15, 0.2) is 145 Å². The average molecular weight is 1560 g/mol. The van der Waals surface area contributed by atoms with E-state index in [1.165, 1.54) is 42.6 Å². The van der Waals surface area contributed by atoms with Crippen LogP contribution in [-0.4, -0.2) is 161 Å². The molecule has 0 radical (unpaired) electrons. The van der Waals surface area contributed by atoms with Crippen LogP contribution < -0.4 is 26.0 Å². The molecule has 0 fully saturated rings. The first kappa shape index (κ1) is 77.9. The highest BCUT2D eigenvalue weighted by atomic mass is 32.3. The van der Waals surface area contributed by atoms with E-state index < -0.39 is 129 Å². The Morgan fingerprint density at radius 2 is 1.21 bits per heavy atom. The smallest absolute Gasteiger partial charge is 0.295 e. The van der Waals surface area contributed by atoms with Gasteiger partial charge in [-0.15, -0.1) is 10.2 Å². The third-order valence-corrected chi connectivity index (χ3v) is 24.0. The number of unbranched alkanes of at least 4 members (excludes halogenated alkanes) is 2. The number of nitrogens with two attached hydrogens (primary N) is 1. The Hall–Kier alpha value is -8.20. The minimum absolute atomic E-state index is 0.0403. The third-order valence-electron chi connectivity index (χ3n) is 16.8. The van der Waals surface area contributed by atoms with Crippen LogP contribution in [0.5, 0.6) is 0 Å². The normalized spacial score (nSPS) is 15.5. The lowest BCUT2D eigenvalue weighted by molar-refractivity contribution is -0.437. The van der Waals surface area contributed by atoms with Gasteiger partial charge in [0.25, 0.3) is 76.6 Å². The van der Waals surface area contributed by atoms with Gasteiger partial charge in [0, 0.05) is 89.5 Å². The molecule has 0 atom stereocenters. The molecule has 2 aromatic heterocycles. The van der Waals surface area contributed by atoms with Crippen molar-refractivity contribution in [2.45, 2.75) is 114 Å². The van der Waals surface area contributed by atoms with Crippen LogP contribution >= 0.6 is 11.3 Å². The number of aromatic nitrogens is 3. The van der Waals surface area contributed by atoms with Gasteiger partial charge < -0.3 is 20.9 Å². The highest BCUT2D eigenvalue weighted by Crippen LogP contribution is 2.52. The molecule has 40 heteroatoms. The van der Waals surface area contributed by atoms with Gasteiger partial charge in [0.15, 0.2) is 5.71 Å². The quantitative estimate of drug-likeness (QED) is 0.00855. The van der Waals surface area contributed by atoms with Gasteiger partial charge in [-0.1, -0.05) is 68.0 Å². The zero-order valence-corrected chi connectivity index (χ0v) is 60.9. The molecule has 3 amide bonds. The Bertz CT molecular complexity index is 5570. The van der Waals surface area contributed by atoms with Crippen molar-refractivity contribution in [2.75, 3.05) is 41.4 Å². The summed E-state index contributed by atoms with van der Waals surface area (Å²) in [6.07, 6.45) is 8.63. The Kier molecular flexibility index (Phi) is 22.5. The number of hydrogen-bond donors (Lipinski definition) is 10. The number of primary sulfonamides is 1. The number of pyridine rings is 1. The largest absolute Gasteiger partial charge is 0.352 e. The Labute approximate surface area is 591 Å². The fraction of sp³-hybridized carbons (Fsp3) is 0.306. The monoisotopic (exact) mass is 1560 g/mol. The second-order valence-corrected chi connectivity index (χ2v) is 36.3. The topological polar surface area (TPSA) is 519 Å². The minimum Gasteiger partial charge on any atom is -0.352 e. The van der Waals surface area contributed by atoms with Gasteiger partial charge in [0.1, 0.15) is 16.3 Å². The van der Waals surface area contributed by atoms with Crippen molar-refractivity contribution < 1.29 is 105 Å². The van der Waals surface area contributed by atoms with Crippen LogP contribution in [0.3, 0.4) is 0 Å². The summed E-state index contributed by atoms with van der Waals surface area (Å²) < 4.78 is 236. The first-order chi connectivity index (χ1) is 47.2. The summed E-state index contributed by atoms with van der Waals surface area (Å²) >= 11 is 0.606. The van der Waals surface area contributed by atoms with Crippen molar-refractivity contribution in [1.82, 2.24) is 25.8 Å². The van der Waals surface area contributed by atoms with Gasteiger partial charge in [0.2, 0.25) is 27.0 Å². The van der Waals surface area contributed by atoms with Gasteiger partial charge >= 0.3 is 0 Å². The van der Waals surface area contributed by atoms with Crippen molar-refractivity contribution >= 4 is 149 Å². The molecule has 2 aliphatic rings. The number of amides is 3. The van der Waals surface area contributed by atoms with Crippen molar-refractivity contribution in [3.05, 3.63) is 155 Å². The molecule has 9 rings (SSSR count). The molecule has 7 aromatic rings. The maximum Gasteiger partial charge on any atom is 0.295 e. The standard InChI is InChI=1S/C62H67N9O23S8/c1-61(2)52(70(26-8-28-96(75,76)77)48-21-18-43-45(56(48)61)31-41(99(83,84)85)33-50(43)101(89,90)91)23-16-39(17-24-53-62(3,4)57-46-32-42(100(86,87)88)34-51(102(92,93)94)44(46)19-22-49(57)71(53)27-9-29-97(78,79)80)47-20-15-40(36-65-47)58(74)64-25-7-5-6-10-54(72)66-35-38-13-11-37(12-14-38)30-55(73)67-59-68-69-60(95-59)98(63,81)82/h11-24,31-34,36H,5-10,25-30,35H2,1-4H3,(H10-,63,64,66,67,68,72,73,74,75,76,77,78,79,80,81,82,83,84,85,86,87,88,89,90,91,92,93,94)/p+1. The zero-order valence-electron chi connectivity index (χ0n) is 54.4. The summed E-state index contributed by atoms with van der Waals surface area (Å²) in [5.74, 6) is -2.73. The number of anilines is 2. The predicted octanol–water partition coefficient (Wildman–Crippen LogP) is 5.92. The van der Waals surface area contributed by atoms with E-state index in [9.17, 15) is 101 Å². The minimum atomic E-state index is -5.18. The van der Waals surface area contributed by atoms with Crippen LogP contribution in [0.4, 0.5) is 16.5 Å². The number of nitrogens with one attached hydrogen (secondary N) is 3. The summed E-state index contributed by atoms with van der Waals surface area (Å²) in [7, 11) is -33.9. The van der Waals surface area contributed by atoms with Crippen molar-refractivity contribution in [2.24, 2.45) is 5.14 Å². The molecule has 11 N–H and O–H groups in total. The number of carbonyl (C=O) groups excluding carboxylic acids is 3. The number of nitrogens with zero attached hydrogens (tertiary/aromatic N) is 5. The molecule has 0 unspecified atom stereocenters. The second kappa shape index (κ2) is 29.5. The van der Waals surface area contributed by atoms with E-state index in [1.807, 2.05) is 0 Å². The van der Waals surface area contributed by atoms with Gasteiger partial charge in [-0.25, -0.2) is 13.6 Å². The molecule has 0 saturated heterocycles. The van der Waals surface area contributed by atoms with E-state index in [1.54, 1.807) is 85.7 Å². The summed E-state index contributed by atoms with van der Waals surface area (Å²) in [6, 6.07) is 18.4. The lowest BCUT2D eigenvalue weighted by Crippen LogP contribution is -2.28. The van der Waals surface area contributed by atoms with Gasteiger partial charge in [-0.3, -0.25) is 46.7 Å². The van der Waals surface area contributed by atoms with Crippen LogP contribution in [-0.2, 0) is 104 Å². The molecule has 4 heterocycles. The van der Waals surface area contributed by atoms with Crippen molar-refractivity contribution in [3.63, 3.8) is 0 Å². The van der Waals surface area contributed by atoms with Gasteiger partial charge in [-0.05, 0) is 121 Å². The predicted molar refractivity (Wildman–Crippen MR) is 375 cm³/mol. The lowest BCUT2D eigenvalue weighted by Gasteiger charge is -2.27. The first-order valence-electron chi connectivity index (χ1n) is 30.5. The summed E-state index contributed by atoms with van der Waals surface area (Å²) in [6.45, 7) is 6.69. The molecule has 5 aromatic carbocycles. The third kappa shape index (κ3) is 18.4. The Morgan fingerprint density at radius 3 is 1.76 bits per heavy atom. The SMILES string of the molecule is CC1(C)C(/C=C/C(=C/C=C2/N(CCCS(=O)(=O)O)c3ccc4c(S(=O)(=O)O)cc(S(=O)(=O)O)cc4c3C2(C)C)c2ccc(C(=O)NCCCCCC(=O)NCc3ccc(CC(=O)Nc4nnc(S(N)(=O)=O)s4)cc3)cn2)=[N+](CCCS(=O)(=O)O)c2ccc3c(S(=O)(=O)O)cc(S(=O)(=O)O)cc3c21. The molecule has 0 saturated carbocycles. The number of allylic oxidation sites excluding steroid dienone is 6. The van der Waals surface area contributed by atoms with Crippen LogP contribution in [0, 0.1) is 0 Å². The van der Waals surface area contributed by atoms with E-state index >= 15 is 0 Å². The Morgan fingerprint density at radius 1 is 0.618 bits per heavy atom. The van der Waals surface area contributed by atoms with E-state index in [4.69, 9.17) is 5.14 Å². The second-order valence-electron chi connectivity index (χ2n) is 24.8. The maximum absolute atomic E-state index is 13.7. The fourth-order valence-corrected chi connectivity index (χ4v) is 17.3. The number of carbonyl (C=O) groups is 3. The van der Waals surface area contributed by atoms with E-state index in [0.29, 0.717) is 59.7 Å². The van der Waals surface area contributed by atoms with E-state index in [-0.39, 0.29) is 124 Å². The number of fused-ring (bicyclic) bond motifs is 6. The first-order valence-corrected chi connectivity index (χ1v) is 41.9. The highest BCUT2D eigenvalue weighted by molar-refractivity contribution is 7.91. The summed E-state index contributed by atoms with van der Waals surface area (Å²) in [5.41, 5.74) is 0.814. The number of benzene rings is 5. The summed E-state index contributed by atoms with van der Waals surface area (Å²) in [5, 5.41) is 19.7. The number of rotatable bonds is 29. The van der Waals surface area contributed by atoms with Crippen molar-refractivity contribution in [3.8, 4) is 0 Å². The number of hydrogen-bond acceptors (Lipinski definition) is 22. The highest BCUT2D eigenvalue weighted by Gasteiger charge is 2.47. The van der Waals surface area contributed by atoms with Crippen LogP contribution in [0.25, 0.3) is 27.1 Å². The molecular formula is C62H68N9O23S8+. The molecule has 32 nitrogen and oxygen atoms in total. The average Bonchev–Trinajstić information content (AvgIpc) is 1.70. The van der Waals surface area contributed by atoms with E-state index in [2.05, 4.69) is 31.1 Å². The van der Waals surface area contributed by atoms with Crippen LogP contribution in [0.1, 0.15) is 105 Å². The fourth-order valence-electron chi connectivity index (χ4n) is 12.2. The zero-order chi connectivity index (χ0) is 75.1. The van der Waals surface area contributed by atoms with Crippen LogP contribution in [0.2, 0.25) is 0 Å². The molecule has 0 spiro atoms. The molecule has 102 heavy (non-hydrogen) atoms. The Balaban J connectivity index is 1.01. The van der Waals surface area contributed by atoms with Gasteiger partial charge in [-0.2, -0.15) is 55.1 Å². The molecule has 2 aliphatic heterocycles. The maximum atomic E-state index is 13.7. The molecule has 0 bridgehead atoms. The van der Waals surface area contributed by atoms with E-state index in [0.717, 1.165) is 17.7 Å². The molecule has 0 aliphatic carbocycles. The van der Waals surface area contributed by atoms with Gasteiger partial charge in [0.05, 0.1) is 44.4 Å². The summed E-state index contributed by atoms with van der Waals surface area (Å²) in [4.78, 5) is 41.7. The lowest BCUT2D eigenvalue weighted by atomic mass is 9.79. The molecule has 546 valence electrons. The number of sulfonamides is 1.